The van der Waals surface area contributed by atoms with Gasteiger partial charge in [-0.25, -0.2) is 14.8 Å². The second kappa shape index (κ2) is 10.3. The number of benzene rings is 1. The number of piperazine rings is 1. The monoisotopic (exact) mass is 600 g/mol. The van der Waals surface area contributed by atoms with Crippen molar-refractivity contribution >= 4 is 50.1 Å². The quantitative estimate of drug-likeness (QED) is 0.272. The first-order chi connectivity index (χ1) is 20.6. The van der Waals surface area contributed by atoms with E-state index in [1.54, 1.807) is 13.0 Å². The lowest BCUT2D eigenvalue weighted by Crippen LogP contribution is -2.79. The Morgan fingerprint density at radius 2 is 1.88 bits per heavy atom. The van der Waals surface area contributed by atoms with Gasteiger partial charge in [0.2, 0.25) is 11.8 Å². The molecule has 222 valence electrons. The Bertz CT molecular complexity index is 1840. The summed E-state index contributed by atoms with van der Waals surface area (Å²) in [6, 6.07) is 13.6. The number of anilines is 2. The molecule has 13 heteroatoms. The number of fused-ring (bicyclic) bond motifs is 4. The molecule has 3 amide bonds. The number of nitrogens with zero attached hydrogens (tertiary/aromatic N) is 6. The SMILES string of the molecule is CC(=O)N1C[C@@H]2C1CN2CCOc1ccc2c(n1)sc1nc(-c3ccc(NC(=O)Nc4cc(C(C)(C)C)on4)cc3)cn12. The summed E-state index contributed by atoms with van der Waals surface area (Å²) in [6.07, 6.45) is 1.99. The van der Waals surface area contributed by atoms with Gasteiger partial charge in [-0.15, -0.1) is 0 Å². The number of rotatable bonds is 7. The summed E-state index contributed by atoms with van der Waals surface area (Å²) in [4.78, 5) is 39.5. The molecule has 0 radical (unpaired) electrons. The summed E-state index contributed by atoms with van der Waals surface area (Å²) in [6.45, 7) is 10.8. The summed E-state index contributed by atoms with van der Waals surface area (Å²) in [7, 11) is 0. The first kappa shape index (κ1) is 27.3. The number of carbonyl (C=O) groups excluding carboxylic acids is 2. The standard InChI is InChI=1S/C30H32N8O4S/c1-17(39)37-16-22-23(37)15-36(22)11-12-41-26-10-9-21-27(34-26)43-29-32-20(14-38(21)29)18-5-7-19(8-6-18)31-28(40)33-25-13-24(42-35-25)30(2,3)4/h5-10,13-14,22-23H,11-12,15-16H2,1-4H3,(H2,31,33,35,40)/t22-,23?/m1/s1. The van der Waals surface area contributed by atoms with Crippen LogP contribution in [0.2, 0.25) is 0 Å². The van der Waals surface area contributed by atoms with Crippen LogP contribution < -0.4 is 15.4 Å². The molecule has 0 aliphatic carbocycles. The molecule has 5 aromatic rings. The zero-order valence-electron chi connectivity index (χ0n) is 24.3. The van der Waals surface area contributed by atoms with Gasteiger partial charge in [-0.3, -0.25) is 19.4 Å². The molecule has 4 aromatic heterocycles. The number of likely N-dealkylation sites (tertiary alicyclic amines) is 2. The van der Waals surface area contributed by atoms with Gasteiger partial charge in [0.25, 0.3) is 0 Å². The van der Waals surface area contributed by atoms with Crippen molar-refractivity contribution in [3.63, 3.8) is 0 Å². The van der Waals surface area contributed by atoms with Crippen molar-refractivity contribution in [2.75, 3.05) is 36.9 Å². The molecule has 43 heavy (non-hydrogen) atoms. The summed E-state index contributed by atoms with van der Waals surface area (Å²) in [5.41, 5.74) is 3.17. The Morgan fingerprint density at radius 3 is 2.58 bits per heavy atom. The van der Waals surface area contributed by atoms with Crippen molar-refractivity contribution in [1.29, 1.82) is 0 Å². The van der Waals surface area contributed by atoms with Crippen LogP contribution in [0.15, 0.2) is 53.2 Å². The van der Waals surface area contributed by atoms with Gasteiger partial charge < -0.3 is 19.5 Å². The molecule has 1 unspecified atom stereocenters. The van der Waals surface area contributed by atoms with Crippen molar-refractivity contribution in [2.24, 2.45) is 0 Å². The van der Waals surface area contributed by atoms with Crippen LogP contribution in [0.5, 0.6) is 5.88 Å². The lowest BCUT2D eigenvalue weighted by molar-refractivity contribution is -0.163. The van der Waals surface area contributed by atoms with Gasteiger partial charge in [-0.1, -0.05) is 49.4 Å². The van der Waals surface area contributed by atoms with Gasteiger partial charge in [-0.2, -0.15) is 0 Å². The molecule has 12 nitrogen and oxygen atoms in total. The minimum atomic E-state index is -0.403. The van der Waals surface area contributed by atoms with Crippen LogP contribution >= 0.6 is 11.3 Å². The van der Waals surface area contributed by atoms with E-state index in [0.29, 0.717) is 41.8 Å². The average molecular weight is 601 g/mol. The van der Waals surface area contributed by atoms with Crippen LogP contribution in [0.4, 0.5) is 16.3 Å². The molecular weight excluding hydrogens is 568 g/mol. The number of pyridine rings is 1. The number of hydrogen-bond donors (Lipinski definition) is 2. The van der Waals surface area contributed by atoms with Gasteiger partial charge in [0.1, 0.15) is 17.2 Å². The molecule has 0 saturated carbocycles. The zero-order valence-corrected chi connectivity index (χ0v) is 25.1. The van der Waals surface area contributed by atoms with Gasteiger partial charge in [0.05, 0.1) is 17.3 Å². The molecule has 7 rings (SSSR count). The fourth-order valence-electron chi connectivity index (χ4n) is 5.51. The van der Waals surface area contributed by atoms with E-state index in [1.165, 1.54) is 11.3 Å². The second-order valence-corrected chi connectivity index (χ2v) is 12.9. The number of aromatic nitrogens is 4. The zero-order chi connectivity index (χ0) is 29.9. The van der Waals surface area contributed by atoms with E-state index in [2.05, 4.69) is 20.7 Å². The number of amides is 3. The van der Waals surface area contributed by atoms with Crippen LogP contribution in [0.3, 0.4) is 0 Å². The number of thiazole rings is 1. The number of nitrogens with one attached hydrogen (secondary N) is 2. The minimum absolute atomic E-state index is 0.163. The van der Waals surface area contributed by atoms with Crippen molar-refractivity contribution in [1.82, 2.24) is 29.3 Å². The first-order valence-corrected chi connectivity index (χ1v) is 15.0. The van der Waals surface area contributed by atoms with E-state index in [-0.39, 0.29) is 11.3 Å². The molecule has 1 aromatic carbocycles. The maximum absolute atomic E-state index is 12.4. The summed E-state index contributed by atoms with van der Waals surface area (Å²) in [5, 5.41) is 9.43. The van der Waals surface area contributed by atoms with Crippen molar-refractivity contribution in [3.8, 4) is 17.1 Å². The fourth-order valence-corrected chi connectivity index (χ4v) is 6.48. The number of hydrogen-bond acceptors (Lipinski definition) is 9. The van der Waals surface area contributed by atoms with Gasteiger partial charge in [0, 0.05) is 67.6 Å². The molecule has 0 bridgehead atoms. The highest BCUT2D eigenvalue weighted by Gasteiger charge is 2.52. The molecule has 2 N–H and O–H groups in total. The lowest BCUT2D eigenvalue weighted by atomic mass is 9.85. The van der Waals surface area contributed by atoms with E-state index in [4.69, 9.17) is 19.2 Å². The molecule has 2 atom stereocenters. The lowest BCUT2D eigenvalue weighted by Gasteiger charge is -2.61. The van der Waals surface area contributed by atoms with Crippen molar-refractivity contribution in [2.45, 2.75) is 45.2 Å². The summed E-state index contributed by atoms with van der Waals surface area (Å²) >= 11 is 1.51. The van der Waals surface area contributed by atoms with Crippen LogP contribution in [0.25, 0.3) is 26.6 Å². The Kier molecular flexibility index (Phi) is 6.58. The predicted octanol–water partition coefficient (Wildman–Crippen LogP) is 4.83. The molecule has 2 saturated heterocycles. The third-order valence-corrected chi connectivity index (χ3v) is 8.98. The van der Waals surface area contributed by atoms with E-state index in [1.807, 2.05) is 72.7 Å². The highest BCUT2D eigenvalue weighted by atomic mass is 32.1. The maximum Gasteiger partial charge on any atom is 0.324 e. The molecule has 2 aliphatic heterocycles. The van der Waals surface area contributed by atoms with Gasteiger partial charge in [-0.05, 0) is 18.2 Å². The summed E-state index contributed by atoms with van der Waals surface area (Å²) < 4.78 is 13.3. The highest BCUT2D eigenvalue weighted by molar-refractivity contribution is 7.23. The second-order valence-electron chi connectivity index (χ2n) is 12.0. The number of ether oxygens (including phenoxy) is 1. The average Bonchev–Trinajstić information content (AvgIpc) is 3.66. The molecule has 2 aliphatic rings. The van der Waals surface area contributed by atoms with E-state index in [9.17, 15) is 9.59 Å². The smallest absolute Gasteiger partial charge is 0.324 e. The molecule has 0 spiro atoms. The Morgan fingerprint density at radius 1 is 1.07 bits per heavy atom. The van der Waals surface area contributed by atoms with Gasteiger partial charge >= 0.3 is 6.03 Å². The van der Waals surface area contributed by atoms with E-state index < -0.39 is 6.03 Å². The number of imidazole rings is 1. The van der Waals surface area contributed by atoms with E-state index >= 15 is 0 Å². The Labute approximate surface area is 251 Å². The first-order valence-electron chi connectivity index (χ1n) is 14.2. The third kappa shape index (κ3) is 5.19. The van der Waals surface area contributed by atoms with Crippen LogP contribution in [-0.4, -0.2) is 79.6 Å². The Hall–Kier alpha value is -4.49. The largest absolute Gasteiger partial charge is 0.476 e. The van der Waals surface area contributed by atoms with Crippen LogP contribution in [0.1, 0.15) is 33.5 Å². The third-order valence-electron chi connectivity index (χ3n) is 8.02. The minimum Gasteiger partial charge on any atom is -0.476 e. The molecular formula is C30H32N8O4S. The normalized spacial score (nSPS) is 18.3. The fraction of sp³-hybridized carbons (Fsp3) is 0.367. The molecule has 6 heterocycles. The van der Waals surface area contributed by atoms with E-state index in [0.717, 1.165) is 46.2 Å². The topological polar surface area (TPSA) is 130 Å². The number of urea groups is 1. The maximum atomic E-state index is 12.4. The van der Waals surface area contributed by atoms with Crippen LogP contribution in [0, 0.1) is 0 Å². The summed E-state index contributed by atoms with van der Waals surface area (Å²) in [5.74, 6) is 1.81. The van der Waals surface area contributed by atoms with Gasteiger partial charge in [0.15, 0.2) is 10.8 Å². The van der Waals surface area contributed by atoms with Crippen molar-refractivity contribution < 1.29 is 18.8 Å². The highest BCUT2D eigenvalue weighted by Crippen LogP contribution is 2.33. The number of carbonyl (C=O) groups is 2. The van der Waals surface area contributed by atoms with Crippen molar-refractivity contribution in [3.05, 3.63) is 54.4 Å². The van der Waals surface area contributed by atoms with Crippen LogP contribution in [-0.2, 0) is 10.2 Å². The predicted molar refractivity (Wildman–Crippen MR) is 164 cm³/mol. The Balaban J connectivity index is 0.950. The molecule has 2 fully saturated rings.